The first-order valence-electron chi connectivity index (χ1n) is 10.3. The van der Waals surface area contributed by atoms with Crippen molar-refractivity contribution in [2.24, 2.45) is 4.99 Å². The number of ether oxygens (including phenoxy) is 1. The molecule has 2 N–H and O–H groups in total. The minimum absolute atomic E-state index is 0. The number of nitrogens with one attached hydrogen (secondary N) is 2. The van der Waals surface area contributed by atoms with Crippen LogP contribution in [0.2, 0.25) is 0 Å². The number of hydrogen-bond acceptors (Lipinski definition) is 4. The molecule has 0 fully saturated rings. The summed E-state index contributed by atoms with van der Waals surface area (Å²) in [6, 6.07) is 6.39. The van der Waals surface area contributed by atoms with Gasteiger partial charge in [-0.2, -0.15) is 18.3 Å². The van der Waals surface area contributed by atoms with Gasteiger partial charge < -0.3 is 15.4 Å². The van der Waals surface area contributed by atoms with Gasteiger partial charge in [0.2, 0.25) is 0 Å². The first-order chi connectivity index (χ1) is 14.9. The summed E-state index contributed by atoms with van der Waals surface area (Å²) in [5.74, 6) is 1.63. The highest BCUT2D eigenvalue weighted by Gasteiger charge is 2.28. The maximum Gasteiger partial charge on any atom is 0.422 e. The first-order valence-corrected chi connectivity index (χ1v) is 10.3. The molecular weight excluding hydrogens is 540 g/mol. The van der Waals surface area contributed by atoms with Gasteiger partial charge in [0.05, 0.1) is 0 Å². The van der Waals surface area contributed by atoms with E-state index >= 15 is 0 Å². The van der Waals surface area contributed by atoms with Gasteiger partial charge in [-0.25, -0.2) is 9.48 Å². The van der Waals surface area contributed by atoms with E-state index in [0.29, 0.717) is 32.0 Å². The van der Waals surface area contributed by atoms with Crippen molar-refractivity contribution >= 4 is 29.9 Å². The lowest BCUT2D eigenvalue weighted by Crippen LogP contribution is -2.37. The lowest BCUT2D eigenvalue weighted by Gasteiger charge is -2.13. The van der Waals surface area contributed by atoms with E-state index in [-0.39, 0.29) is 35.4 Å². The molecule has 0 bridgehead atoms. The lowest BCUT2D eigenvalue weighted by atomic mass is 10.2. The van der Waals surface area contributed by atoms with Gasteiger partial charge in [0, 0.05) is 39.6 Å². The second kappa shape index (κ2) is 12.1. The highest BCUT2D eigenvalue weighted by molar-refractivity contribution is 14.0. The first kappa shape index (κ1) is 26.0. The van der Waals surface area contributed by atoms with Crippen LogP contribution in [0.1, 0.15) is 30.7 Å². The van der Waals surface area contributed by atoms with Crippen LogP contribution in [0, 0.1) is 0 Å². The van der Waals surface area contributed by atoms with Crippen molar-refractivity contribution in [2.45, 2.75) is 51.5 Å². The van der Waals surface area contributed by atoms with Crippen molar-refractivity contribution in [3.63, 3.8) is 0 Å². The number of aliphatic imine (C=N–C) groups is 1. The van der Waals surface area contributed by atoms with E-state index in [1.807, 2.05) is 0 Å². The van der Waals surface area contributed by atoms with E-state index in [4.69, 9.17) is 4.74 Å². The summed E-state index contributed by atoms with van der Waals surface area (Å²) in [7, 11) is 1.65. The summed E-state index contributed by atoms with van der Waals surface area (Å²) in [5.41, 5.74) is 0.831. The largest absolute Gasteiger partial charge is 0.484 e. The van der Waals surface area contributed by atoms with E-state index in [2.05, 4.69) is 20.7 Å². The summed E-state index contributed by atoms with van der Waals surface area (Å²) in [5, 5.41) is 10.7. The highest BCUT2D eigenvalue weighted by atomic mass is 127. The summed E-state index contributed by atoms with van der Waals surface area (Å²) >= 11 is 0. The van der Waals surface area contributed by atoms with E-state index in [1.165, 1.54) is 16.8 Å². The molecule has 2 heterocycles. The third kappa shape index (κ3) is 7.71. The number of guanidine groups is 1. The number of hydrogen-bond donors (Lipinski definition) is 2. The third-order valence-corrected chi connectivity index (χ3v) is 4.88. The molecule has 0 aliphatic carbocycles. The predicted molar refractivity (Wildman–Crippen MR) is 126 cm³/mol. The minimum Gasteiger partial charge on any atom is -0.484 e. The summed E-state index contributed by atoms with van der Waals surface area (Å²) in [6.45, 7) is 1.03. The van der Waals surface area contributed by atoms with Gasteiger partial charge in [-0.3, -0.25) is 9.56 Å². The van der Waals surface area contributed by atoms with Crippen LogP contribution in [0.4, 0.5) is 13.2 Å². The molecule has 0 radical (unpaired) electrons. The van der Waals surface area contributed by atoms with Crippen molar-refractivity contribution < 1.29 is 17.9 Å². The summed E-state index contributed by atoms with van der Waals surface area (Å²) < 4.78 is 44.6. The normalized spacial score (nSPS) is 13.8. The quantitative estimate of drug-likeness (QED) is 0.222. The van der Waals surface area contributed by atoms with Crippen LogP contribution in [-0.2, 0) is 26.1 Å². The number of aromatic nitrogens is 3. The molecule has 12 heteroatoms. The third-order valence-electron chi connectivity index (χ3n) is 4.88. The Morgan fingerprint density at radius 2 is 1.97 bits per heavy atom. The SMILES string of the molecule is CN=C(NCCCn1nc2n(c1=O)CCCC2)NCc1ccc(OCC(F)(F)F)cc1.I. The van der Waals surface area contributed by atoms with Crippen LogP contribution >= 0.6 is 24.0 Å². The van der Waals surface area contributed by atoms with Gasteiger partial charge in [0.1, 0.15) is 11.6 Å². The molecule has 2 aromatic rings. The molecule has 0 saturated carbocycles. The van der Waals surface area contributed by atoms with Crippen molar-refractivity contribution in [2.75, 3.05) is 20.2 Å². The fourth-order valence-corrected chi connectivity index (χ4v) is 3.30. The molecule has 1 aromatic carbocycles. The average Bonchev–Trinajstić information content (AvgIpc) is 3.08. The fraction of sp³-hybridized carbons (Fsp3) is 0.550. The molecule has 1 aromatic heterocycles. The van der Waals surface area contributed by atoms with Gasteiger partial charge in [-0.05, 0) is 37.0 Å². The van der Waals surface area contributed by atoms with Crippen molar-refractivity contribution in [3.05, 3.63) is 46.1 Å². The Bertz CT molecular complexity index is 940. The minimum atomic E-state index is -4.36. The molecule has 0 amide bonds. The Morgan fingerprint density at radius 3 is 2.62 bits per heavy atom. The molecule has 0 atom stereocenters. The van der Waals surface area contributed by atoms with Crippen LogP contribution in [0.5, 0.6) is 5.75 Å². The Morgan fingerprint density at radius 1 is 1.22 bits per heavy atom. The fourth-order valence-electron chi connectivity index (χ4n) is 3.30. The van der Waals surface area contributed by atoms with Gasteiger partial charge in [0.25, 0.3) is 0 Å². The van der Waals surface area contributed by atoms with Gasteiger partial charge in [-0.15, -0.1) is 24.0 Å². The Hall–Kier alpha value is -2.25. The zero-order valence-electron chi connectivity index (χ0n) is 17.8. The molecule has 0 spiro atoms. The highest BCUT2D eigenvalue weighted by Crippen LogP contribution is 2.18. The zero-order valence-corrected chi connectivity index (χ0v) is 20.2. The van der Waals surface area contributed by atoms with E-state index in [0.717, 1.165) is 37.2 Å². The smallest absolute Gasteiger partial charge is 0.422 e. The van der Waals surface area contributed by atoms with Crippen LogP contribution in [-0.4, -0.2) is 46.7 Å². The van der Waals surface area contributed by atoms with Gasteiger partial charge >= 0.3 is 11.9 Å². The maximum absolute atomic E-state index is 12.3. The molecule has 3 rings (SSSR count). The van der Waals surface area contributed by atoms with Crippen molar-refractivity contribution in [1.82, 2.24) is 25.0 Å². The van der Waals surface area contributed by atoms with Crippen LogP contribution in [0.3, 0.4) is 0 Å². The summed E-state index contributed by atoms with van der Waals surface area (Å²) in [6.07, 6.45) is -0.702. The van der Waals surface area contributed by atoms with Crippen LogP contribution < -0.4 is 21.1 Å². The topological polar surface area (TPSA) is 85.5 Å². The molecule has 0 unspecified atom stereocenters. The van der Waals surface area contributed by atoms with E-state index < -0.39 is 12.8 Å². The van der Waals surface area contributed by atoms with Crippen molar-refractivity contribution in [1.29, 1.82) is 0 Å². The number of fused-ring (bicyclic) bond motifs is 1. The lowest BCUT2D eigenvalue weighted by molar-refractivity contribution is -0.153. The van der Waals surface area contributed by atoms with E-state index in [9.17, 15) is 18.0 Å². The summed E-state index contributed by atoms with van der Waals surface area (Å²) in [4.78, 5) is 16.5. The zero-order chi connectivity index (χ0) is 22.3. The Kier molecular flexibility index (Phi) is 9.84. The molecule has 1 aliphatic rings. The van der Waals surface area contributed by atoms with Crippen LogP contribution in [0.15, 0.2) is 34.1 Å². The number of aryl methyl sites for hydroxylation is 2. The van der Waals surface area contributed by atoms with Gasteiger partial charge in [-0.1, -0.05) is 12.1 Å². The molecule has 178 valence electrons. The molecule has 32 heavy (non-hydrogen) atoms. The standard InChI is InChI=1S/C20H27F3N6O2.HI/c1-24-18(26-13-15-6-8-16(9-7-15)31-14-20(21,22)23)25-10-4-12-29-19(30)28-11-3-2-5-17(28)27-29;/h6-9H,2-5,10-14H2,1H3,(H2,24,25,26);1H. The predicted octanol–water partition coefficient (Wildman–Crippen LogP) is 2.70. The Balaban J connectivity index is 0.00000363. The van der Waals surface area contributed by atoms with Crippen LogP contribution in [0.25, 0.3) is 0 Å². The van der Waals surface area contributed by atoms with E-state index in [1.54, 1.807) is 23.7 Å². The Labute approximate surface area is 201 Å². The number of halogens is 4. The number of alkyl halides is 3. The second-order valence-corrected chi connectivity index (χ2v) is 7.28. The maximum atomic E-state index is 12.3. The number of benzene rings is 1. The molecule has 8 nitrogen and oxygen atoms in total. The molecule has 0 saturated heterocycles. The molecular formula is C20H28F3IN6O2. The number of nitrogens with zero attached hydrogens (tertiary/aromatic N) is 4. The molecule has 1 aliphatic heterocycles. The van der Waals surface area contributed by atoms with Crippen molar-refractivity contribution in [3.8, 4) is 5.75 Å². The monoisotopic (exact) mass is 568 g/mol. The van der Waals surface area contributed by atoms with Gasteiger partial charge in [0.15, 0.2) is 12.6 Å². The average molecular weight is 568 g/mol. The second-order valence-electron chi connectivity index (χ2n) is 7.28. The number of rotatable bonds is 8.